The maximum atomic E-state index is 3.42. The molecule has 0 saturated heterocycles. The molecular weight excluding hydrogens is 254 g/mol. The Morgan fingerprint density at radius 3 is 2.33 bits per heavy atom. The van der Waals surface area contributed by atoms with Crippen LogP contribution in [-0.2, 0) is 12.8 Å². The van der Waals surface area contributed by atoms with Crippen molar-refractivity contribution < 1.29 is 0 Å². The van der Waals surface area contributed by atoms with E-state index in [2.05, 4.69) is 50.5 Å². The Morgan fingerprint density at radius 2 is 1.71 bits per heavy atom. The number of nitrogens with one attached hydrogen (secondary N) is 1. The molecule has 0 heterocycles. The molecule has 118 valence electrons. The van der Waals surface area contributed by atoms with Crippen LogP contribution in [0.15, 0.2) is 24.3 Å². The van der Waals surface area contributed by atoms with Crippen LogP contribution < -0.4 is 5.32 Å². The second-order valence-corrected chi connectivity index (χ2v) is 6.92. The Morgan fingerprint density at radius 1 is 1.00 bits per heavy atom. The number of hydrogen-bond acceptors (Lipinski definition) is 1. The topological polar surface area (TPSA) is 12.0 Å². The van der Waals surface area contributed by atoms with Gasteiger partial charge in [0.15, 0.2) is 0 Å². The number of benzene rings is 1. The first-order valence-corrected chi connectivity index (χ1v) is 8.99. The summed E-state index contributed by atoms with van der Waals surface area (Å²) < 4.78 is 0. The maximum absolute atomic E-state index is 3.42. The van der Waals surface area contributed by atoms with Crippen LogP contribution in [0.2, 0.25) is 0 Å². The van der Waals surface area contributed by atoms with E-state index in [4.69, 9.17) is 0 Å². The molecule has 2 rings (SSSR count). The Hall–Kier alpha value is -0.820. The number of hydrogen-bond donors (Lipinski definition) is 1. The van der Waals surface area contributed by atoms with Crippen molar-refractivity contribution in [3.63, 3.8) is 0 Å². The molecule has 1 saturated carbocycles. The molecule has 1 nitrogen and oxygen atoms in total. The van der Waals surface area contributed by atoms with Crippen LogP contribution in [0.3, 0.4) is 0 Å². The van der Waals surface area contributed by atoms with Crippen molar-refractivity contribution in [3.8, 4) is 0 Å². The molecule has 1 heteroatoms. The van der Waals surface area contributed by atoms with Crippen molar-refractivity contribution in [1.29, 1.82) is 0 Å². The second kappa shape index (κ2) is 8.58. The van der Waals surface area contributed by atoms with Gasteiger partial charge in [0.1, 0.15) is 0 Å². The average Bonchev–Trinajstić information content (AvgIpc) is 2.51. The fourth-order valence-corrected chi connectivity index (χ4v) is 4.09. The van der Waals surface area contributed by atoms with E-state index in [-0.39, 0.29) is 0 Å². The third kappa shape index (κ3) is 4.85. The molecule has 0 bridgehead atoms. The van der Waals surface area contributed by atoms with Gasteiger partial charge >= 0.3 is 0 Å². The summed E-state index contributed by atoms with van der Waals surface area (Å²) in [7, 11) is 2.10. The lowest BCUT2D eigenvalue weighted by Gasteiger charge is -2.36. The first-order valence-electron chi connectivity index (χ1n) is 8.99. The Kier molecular flexibility index (Phi) is 6.76. The van der Waals surface area contributed by atoms with Gasteiger partial charge in [-0.1, -0.05) is 57.4 Å². The molecule has 0 radical (unpaired) electrons. The highest BCUT2D eigenvalue weighted by Crippen LogP contribution is 2.37. The fraction of sp³-hybridized carbons (Fsp3) is 0.700. The minimum Gasteiger partial charge on any atom is -0.319 e. The summed E-state index contributed by atoms with van der Waals surface area (Å²) in [6.07, 6.45) is 9.50. The number of rotatable bonds is 7. The van der Waals surface area contributed by atoms with Gasteiger partial charge in [0.05, 0.1) is 0 Å². The molecule has 0 aromatic heterocycles. The molecule has 0 spiro atoms. The zero-order valence-corrected chi connectivity index (χ0v) is 14.2. The monoisotopic (exact) mass is 287 g/mol. The lowest BCUT2D eigenvalue weighted by molar-refractivity contribution is 0.169. The van der Waals surface area contributed by atoms with E-state index in [1.807, 2.05) is 0 Å². The summed E-state index contributed by atoms with van der Waals surface area (Å²) in [5.74, 6) is 2.72. The van der Waals surface area contributed by atoms with Crippen LogP contribution in [0.5, 0.6) is 0 Å². The van der Waals surface area contributed by atoms with Gasteiger partial charge in [0.2, 0.25) is 0 Å². The molecule has 0 amide bonds. The van der Waals surface area contributed by atoms with Crippen LogP contribution >= 0.6 is 0 Å². The van der Waals surface area contributed by atoms with E-state index in [0.717, 1.165) is 24.2 Å². The largest absolute Gasteiger partial charge is 0.319 e. The van der Waals surface area contributed by atoms with Gasteiger partial charge in [-0.2, -0.15) is 0 Å². The van der Waals surface area contributed by atoms with Gasteiger partial charge in [-0.25, -0.2) is 0 Å². The van der Waals surface area contributed by atoms with Gasteiger partial charge in [0, 0.05) is 0 Å². The Labute approximate surface area is 131 Å². The lowest BCUT2D eigenvalue weighted by Crippen LogP contribution is -2.33. The van der Waals surface area contributed by atoms with Crippen LogP contribution in [0.25, 0.3) is 0 Å². The first-order chi connectivity index (χ1) is 10.3. The third-order valence-corrected chi connectivity index (χ3v) is 5.34. The fourth-order valence-electron chi connectivity index (χ4n) is 4.09. The van der Waals surface area contributed by atoms with Crippen molar-refractivity contribution >= 4 is 0 Å². The summed E-state index contributed by atoms with van der Waals surface area (Å²) in [6.45, 7) is 5.75. The maximum Gasteiger partial charge on any atom is -0.00208 e. The van der Waals surface area contributed by atoms with Crippen molar-refractivity contribution in [2.45, 2.75) is 58.8 Å². The molecule has 1 aromatic carbocycles. The van der Waals surface area contributed by atoms with Crippen LogP contribution in [-0.4, -0.2) is 13.6 Å². The summed E-state index contributed by atoms with van der Waals surface area (Å²) in [4.78, 5) is 0. The molecule has 1 fully saturated rings. The zero-order valence-electron chi connectivity index (χ0n) is 14.2. The normalized spacial score (nSPS) is 26.0. The molecular formula is C20H33N. The molecule has 1 aliphatic rings. The van der Waals surface area contributed by atoms with E-state index in [1.54, 1.807) is 0 Å². The minimum absolute atomic E-state index is 0.869. The predicted molar refractivity (Wildman–Crippen MR) is 92.7 cm³/mol. The van der Waals surface area contributed by atoms with E-state index >= 15 is 0 Å². The average molecular weight is 287 g/mol. The molecule has 1 aromatic rings. The summed E-state index contributed by atoms with van der Waals surface area (Å²) in [5, 5.41) is 3.42. The van der Waals surface area contributed by atoms with Gasteiger partial charge < -0.3 is 5.32 Å². The predicted octanol–water partition coefficient (Wildman–Crippen LogP) is 4.84. The highest BCUT2D eigenvalue weighted by atomic mass is 14.8. The SMILES string of the molecule is CCCC1CCC(CNC)C(Cc2ccc(CC)cc2)C1. The molecule has 3 unspecified atom stereocenters. The van der Waals surface area contributed by atoms with Crippen LogP contribution in [0.4, 0.5) is 0 Å². The van der Waals surface area contributed by atoms with Crippen molar-refractivity contribution in [2.24, 2.45) is 17.8 Å². The molecule has 3 atom stereocenters. The van der Waals surface area contributed by atoms with Crippen LogP contribution in [0, 0.1) is 17.8 Å². The zero-order chi connectivity index (χ0) is 15.1. The van der Waals surface area contributed by atoms with Gasteiger partial charge in [-0.15, -0.1) is 0 Å². The summed E-state index contributed by atoms with van der Waals surface area (Å²) in [6, 6.07) is 9.35. The van der Waals surface area contributed by atoms with E-state index in [1.165, 1.54) is 56.2 Å². The molecule has 1 aliphatic carbocycles. The standard InChI is InChI=1S/C20H33N/c1-4-6-17-11-12-19(15-21-3)20(13-17)14-18-9-7-16(5-2)8-10-18/h7-10,17,19-21H,4-6,11-15H2,1-3H3. The first kappa shape index (κ1) is 16.5. The quantitative estimate of drug-likeness (QED) is 0.756. The highest BCUT2D eigenvalue weighted by molar-refractivity contribution is 5.23. The molecule has 1 N–H and O–H groups in total. The third-order valence-electron chi connectivity index (χ3n) is 5.34. The summed E-state index contributed by atoms with van der Waals surface area (Å²) >= 11 is 0. The molecule has 0 aliphatic heterocycles. The smallest absolute Gasteiger partial charge is 0.00208 e. The second-order valence-electron chi connectivity index (χ2n) is 6.92. The Balaban J connectivity index is 2.00. The lowest BCUT2D eigenvalue weighted by atomic mass is 9.70. The number of aryl methyl sites for hydroxylation is 1. The van der Waals surface area contributed by atoms with Gasteiger partial charge in [-0.05, 0) is 68.2 Å². The van der Waals surface area contributed by atoms with Crippen molar-refractivity contribution in [2.75, 3.05) is 13.6 Å². The van der Waals surface area contributed by atoms with Gasteiger partial charge in [0.25, 0.3) is 0 Å². The van der Waals surface area contributed by atoms with Crippen molar-refractivity contribution in [3.05, 3.63) is 35.4 Å². The van der Waals surface area contributed by atoms with E-state index in [9.17, 15) is 0 Å². The highest BCUT2D eigenvalue weighted by Gasteiger charge is 2.29. The Bertz CT molecular complexity index is 395. The van der Waals surface area contributed by atoms with Crippen LogP contribution in [0.1, 0.15) is 57.1 Å². The van der Waals surface area contributed by atoms with Crippen molar-refractivity contribution in [1.82, 2.24) is 5.32 Å². The van der Waals surface area contributed by atoms with E-state index in [0.29, 0.717) is 0 Å². The van der Waals surface area contributed by atoms with E-state index < -0.39 is 0 Å². The van der Waals surface area contributed by atoms with Gasteiger partial charge in [-0.3, -0.25) is 0 Å². The molecule has 21 heavy (non-hydrogen) atoms. The summed E-state index contributed by atoms with van der Waals surface area (Å²) in [5.41, 5.74) is 2.99. The minimum atomic E-state index is 0.869.